The van der Waals surface area contributed by atoms with Crippen LogP contribution in [-0.2, 0) is 19.6 Å². The molecule has 2 heterocycles. The zero-order chi connectivity index (χ0) is 20.9. The topological polar surface area (TPSA) is 92.5 Å². The SMILES string of the molecule is CCCCc1nc(Cl)c(CO)n1Cc1ccc(-c2ccccc2-c2nn[nH]n2)cc1.[H-].[Li+]. The number of nitrogens with zero attached hydrogens (tertiary/aromatic N) is 5. The number of aryl methyl sites for hydroxylation is 1. The molecule has 0 saturated heterocycles. The zero-order valence-electron chi connectivity index (χ0n) is 18.7. The Morgan fingerprint density at radius 1 is 1.10 bits per heavy atom. The van der Waals surface area contributed by atoms with Crippen molar-refractivity contribution in [2.45, 2.75) is 39.3 Å². The van der Waals surface area contributed by atoms with Crippen molar-refractivity contribution in [3.8, 4) is 22.5 Å². The maximum Gasteiger partial charge on any atom is 1.00 e. The molecule has 4 aromatic rings. The summed E-state index contributed by atoms with van der Waals surface area (Å²) in [5.74, 6) is 1.48. The van der Waals surface area contributed by atoms with E-state index in [0.29, 0.717) is 23.2 Å². The number of tetrazole rings is 1. The van der Waals surface area contributed by atoms with E-state index in [2.05, 4.69) is 56.8 Å². The molecule has 0 amide bonds. The van der Waals surface area contributed by atoms with Crippen LogP contribution in [0.2, 0.25) is 5.15 Å². The van der Waals surface area contributed by atoms with Crippen LogP contribution >= 0.6 is 11.6 Å². The van der Waals surface area contributed by atoms with Gasteiger partial charge in [0.25, 0.3) is 0 Å². The molecule has 156 valence electrons. The third kappa shape index (κ3) is 5.08. The van der Waals surface area contributed by atoms with Gasteiger partial charge in [0.1, 0.15) is 5.82 Å². The van der Waals surface area contributed by atoms with Crippen LogP contribution in [0, 0.1) is 0 Å². The van der Waals surface area contributed by atoms with E-state index in [1.54, 1.807) is 0 Å². The van der Waals surface area contributed by atoms with Crippen LogP contribution in [0.1, 0.15) is 38.3 Å². The molecule has 2 N–H and O–H groups in total. The summed E-state index contributed by atoms with van der Waals surface area (Å²) in [6.45, 7) is 2.63. The van der Waals surface area contributed by atoms with Gasteiger partial charge in [-0.05, 0) is 28.3 Å². The van der Waals surface area contributed by atoms with E-state index in [4.69, 9.17) is 11.6 Å². The average Bonchev–Trinajstić information content (AvgIpc) is 3.41. The molecule has 2 aromatic heterocycles. The first-order valence-corrected chi connectivity index (χ1v) is 10.4. The summed E-state index contributed by atoms with van der Waals surface area (Å²) in [6, 6.07) is 16.3. The van der Waals surface area contributed by atoms with Gasteiger partial charge in [-0.2, -0.15) is 5.21 Å². The minimum atomic E-state index is -0.131. The molecule has 0 radical (unpaired) electrons. The Hall–Kier alpha value is -2.43. The van der Waals surface area contributed by atoms with Gasteiger partial charge < -0.3 is 11.1 Å². The number of aliphatic hydroxyl groups excluding tert-OH is 1. The van der Waals surface area contributed by atoms with Crippen LogP contribution in [-0.4, -0.2) is 35.3 Å². The Morgan fingerprint density at radius 3 is 2.48 bits per heavy atom. The molecule has 0 atom stereocenters. The number of hydrogen-bond acceptors (Lipinski definition) is 5. The van der Waals surface area contributed by atoms with Gasteiger partial charge in [0, 0.05) is 18.5 Å². The number of imidazole rings is 1. The second-order valence-corrected chi connectivity index (χ2v) is 7.45. The molecular weight excluding hydrogens is 407 g/mol. The molecule has 0 bridgehead atoms. The van der Waals surface area contributed by atoms with E-state index < -0.39 is 0 Å². The first kappa shape index (κ1) is 23.2. The Morgan fingerprint density at radius 2 is 1.84 bits per heavy atom. The van der Waals surface area contributed by atoms with Gasteiger partial charge in [-0.15, -0.1) is 10.2 Å². The zero-order valence-corrected chi connectivity index (χ0v) is 18.5. The first-order chi connectivity index (χ1) is 14.7. The maximum atomic E-state index is 9.77. The number of aromatic nitrogens is 6. The molecule has 0 aliphatic rings. The van der Waals surface area contributed by atoms with Gasteiger partial charge in [0.05, 0.1) is 12.3 Å². The fourth-order valence-electron chi connectivity index (χ4n) is 3.55. The molecule has 0 fully saturated rings. The largest absolute Gasteiger partial charge is 1.00 e. The molecule has 0 spiro atoms. The molecule has 7 nitrogen and oxygen atoms in total. The summed E-state index contributed by atoms with van der Waals surface area (Å²) < 4.78 is 2.03. The van der Waals surface area contributed by atoms with Crippen molar-refractivity contribution in [1.29, 1.82) is 0 Å². The van der Waals surface area contributed by atoms with Crippen LogP contribution < -0.4 is 18.9 Å². The first-order valence-electron chi connectivity index (χ1n) is 9.98. The van der Waals surface area contributed by atoms with Gasteiger partial charge in [-0.25, -0.2) is 4.98 Å². The van der Waals surface area contributed by atoms with Crippen molar-refractivity contribution in [3.63, 3.8) is 0 Å². The number of nitrogens with one attached hydrogen (secondary N) is 1. The number of H-pyrrole nitrogens is 1. The number of unbranched alkanes of at least 4 members (excludes halogenated alkanes) is 1. The number of aromatic amines is 1. The Labute approximate surface area is 199 Å². The van der Waals surface area contributed by atoms with Crippen LogP contribution in [0.3, 0.4) is 0 Å². The molecule has 0 aliphatic carbocycles. The van der Waals surface area contributed by atoms with Crippen molar-refractivity contribution in [1.82, 2.24) is 30.2 Å². The minimum Gasteiger partial charge on any atom is -1.00 e. The Balaban J connectivity index is 0.00000181. The monoisotopic (exact) mass is 430 g/mol. The van der Waals surface area contributed by atoms with Gasteiger partial charge in [-0.1, -0.05) is 73.5 Å². The number of aliphatic hydroxyl groups is 1. The van der Waals surface area contributed by atoms with E-state index in [1.165, 1.54) is 0 Å². The van der Waals surface area contributed by atoms with Crippen LogP contribution in [0.4, 0.5) is 0 Å². The Bertz CT molecular complexity index is 1120. The summed E-state index contributed by atoms with van der Waals surface area (Å²) >= 11 is 6.26. The van der Waals surface area contributed by atoms with Gasteiger partial charge in [0.2, 0.25) is 5.82 Å². The van der Waals surface area contributed by atoms with Gasteiger partial charge >= 0.3 is 18.9 Å². The molecule has 2 aromatic carbocycles. The van der Waals surface area contributed by atoms with E-state index in [9.17, 15) is 5.11 Å². The van der Waals surface area contributed by atoms with E-state index in [-0.39, 0.29) is 26.9 Å². The quantitative estimate of drug-likeness (QED) is 0.412. The van der Waals surface area contributed by atoms with E-state index >= 15 is 0 Å². The van der Waals surface area contributed by atoms with Crippen LogP contribution in [0.5, 0.6) is 0 Å². The average molecular weight is 431 g/mol. The number of hydrogen-bond donors (Lipinski definition) is 2. The third-order valence-corrected chi connectivity index (χ3v) is 5.43. The van der Waals surface area contributed by atoms with Crippen molar-refractivity contribution in [3.05, 3.63) is 70.8 Å². The summed E-state index contributed by atoms with van der Waals surface area (Å²) in [5.41, 5.74) is 4.80. The standard InChI is InChI=1S/C22H23ClN6O.Li.H/c1-2-3-8-20-24-21(23)19(14-30)29(20)13-15-9-11-16(12-10-15)17-6-4-5-7-18(17)22-25-27-28-26-22;;/h4-7,9-12,30H,2-3,8,13-14H2,1H3,(H,25,26,27,28);;/q;+1;-1. The summed E-state index contributed by atoms with van der Waals surface area (Å²) in [7, 11) is 0. The van der Waals surface area contributed by atoms with Crippen LogP contribution in [0.15, 0.2) is 48.5 Å². The summed E-state index contributed by atoms with van der Waals surface area (Å²) in [4.78, 5) is 4.47. The molecule has 9 heteroatoms. The van der Waals surface area contributed by atoms with E-state index in [0.717, 1.165) is 47.3 Å². The summed E-state index contributed by atoms with van der Waals surface area (Å²) in [5, 5.41) is 24.5. The third-order valence-electron chi connectivity index (χ3n) is 5.13. The maximum absolute atomic E-state index is 9.77. The van der Waals surface area contributed by atoms with Crippen molar-refractivity contribution >= 4 is 11.6 Å². The molecule has 4 rings (SSSR count). The minimum absolute atomic E-state index is 0. The Kier molecular flexibility index (Phi) is 8.05. The normalized spacial score (nSPS) is 10.8. The predicted molar refractivity (Wildman–Crippen MR) is 117 cm³/mol. The van der Waals surface area contributed by atoms with Gasteiger partial charge in [-0.3, -0.25) is 0 Å². The predicted octanol–water partition coefficient (Wildman–Crippen LogP) is 1.38. The molecule has 0 unspecified atom stereocenters. The van der Waals surface area contributed by atoms with Crippen LogP contribution in [0.25, 0.3) is 22.5 Å². The number of halogens is 1. The molecular formula is C22H24ClLiN6O. The van der Waals surface area contributed by atoms with Crippen molar-refractivity contribution < 1.29 is 25.4 Å². The second-order valence-electron chi connectivity index (χ2n) is 7.09. The van der Waals surface area contributed by atoms with Gasteiger partial charge in [0.15, 0.2) is 5.15 Å². The number of rotatable bonds is 8. The fourth-order valence-corrected chi connectivity index (χ4v) is 3.81. The van der Waals surface area contributed by atoms with Crippen molar-refractivity contribution in [2.24, 2.45) is 0 Å². The molecule has 0 saturated carbocycles. The second kappa shape index (κ2) is 10.7. The number of benzene rings is 2. The summed E-state index contributed by atoms with van der Waals surface area (Å²) in [6.07, 6.45) is 2.95. The fraction of sp³-hybridized carbons (Fsp3) is 0.273. The molecule has 0 aliphatic heterocycles. The van der Waals surface area contributed by atoms with Crippen molar-refractivity contribution in [2.75, 3.05) is 0 Å². The molecule has 31 heavy (non-hydrogen) atoms. The smallest absolute Gasteiger partial charge is 1.00 e. The van der Waals surface area contributed by atoms with E-state index in [1.807, 2.05) is 28.8 Å².